The SMILES string of the molecule is O=C(N/C(=C/c1ccc(F)cc1)[P+](c1ccccc1)(c1ccccc1)c1ccccc1)c1ccccc1.[O-][Cl+3]([O-])([O-])[O-]. The smallest absolute Gasteiger partial charge is 0.258 e. The molecule has 0 atom stereocenters. The third kappa shape index (κ3) is 7.96. The molecule has 212 valence electrons. The fourth-order valence-electron chi connectivity index (χ4n) is 4.53. The summed E-state index contributed by atoms with van der Waals surface area (Å²) in [5.74, 6) is -0.497. The Bertz CT molecular complexity index is 1500. The molecule has 0 saturated carbocycles. The second-order valence-electron chi connectivity index (χ2n) is 8.96. The van der Waals surface area contributed by atoms with E-state index in [1.54, 1.807) is 24.3 Å². The summed E-state index contributed by atoms with van der Waals surface area (Å²) in [4.78, 5) is 13.6. The number of halogens is 2. The van der Waals surface area contributed by atoms with Crippen molar-refractivity contribution in [3.05, 3.63) is 168 Å². The zero-order valence-corrected chi connectivity index (χ0v) is 23.8. The Kier molecular flexibility index (Phi) is 10.3. The minimum absolute atomic E-state index is 0.193. The molecule has 0 heterocycles. The van der Waals surface area contributed by atoms with Crippen LogP contribution in [0.3, 0.4) is 0 Å². The van der Waals surface area contributed by atoms with Gasteiger partial charge in [-0.1, -0.05) is 84.9 Å². The topological polar surface area (TPSA) is 121 Å². The van der Waals surface area contributed by atoms with Crippen molar-refractivity contribution < 1.29 is 38.1 Å². The van der Waals surface area contributed by atoms with Crippen LogP contribution in [0.4, 0.5) is 4.39 Å². The van der Waals surface area contributed by atoms with Crippen molar-refractivity contribution in [2.24, 2.45) is 0 Å². The lowest BCUT2D eigenvalue weighted by molar-refractivity contribution is -2.00. The normalized spacial score (nSPS) is 11.7. The molecule has 0 spiro atoms. The van der Waals surface area contributed by atoms with E-state index < -0.39 is 17.5 Å². The van der Waals surface area contributed by atoms with E-state index in [0.29, 0.717) is 5.56 Å². The summed E-state index contributed by atoms with van der Waals surface area (Å²) in [7, 11) is -7.52. The van der Waals surface area contributed by atoms with Crippen molar-refractivity contribution in [3.63, 3.8) is 0 Å². The number of rotatable bonds is 7. The first-order chi connectivity index (χ1) is 20.2. The minimum Gasteiger partial charge on any atom is -0.292 e. The fraction of sp³-hybridized carbons (Fsp3) is 0. The Morgan fingerprint density at radius 1 is 0.595 bits per heavy atom. The van der Waals surface area contributed by atoms with Gasteiger partial charge in [0.05, 0.1) is 0 Å². The third-order valence-corrected chi connectivity index (χ3v) is 10.4. The fourth-order valence-corrected chi connectivity index (χ4v) is 8.73. The van der Waals surface area contributed by atoms with E-state index >= 15 is 0 Å². The summed E-state index contributed by atoms with van der Waals surface area (Å²) in [5.41, 5.74) is 2.15. The Morgan fingerprint density at radius 2 is 0.952 bits per heavy atom. The average Bonchev–Trinajstić information content (AvgIpc) is 3.00. The first-order valence-electron chi connectivity index (χ1n) is 12.7. The second kappa shape index (κ2) is 14.1. The molecule has 0 saturated heterocycles. The van der Waals surface area contributed by atoms with E-state index in [2.05, 4.69) is 41.7 Å². The van der Waals surface area contributed by atoms with Crippen LogP contribution in [0, 0.1) is 16.1 Å². The first kappa shape index (κ1) is 30.8. The highest BCUT2D eigenvalue weighted by atomic mass is 35.7. The number of nitrogens with one attached hydrogen (secondary N) is 1. The highest BCUT2D eigenvalue weighted by molar-refractivity contribution is 7.99. The van der Waals surface area contributed by atoms with Crippen LogP contribution in [0.15, 0.2) is 151 Å². The molecule has 42 heavy (non-hydrogen) atoms. The van der Waals surface area contributed by atoms with Crippen molar-refractivity contribution in [1.29, 1.82) is 0 Å². The minimum atomic E-state index is -4.94. The number of hydrogen-bond acceptors (Lipinski definition) is 5. The van der Waals surface area contributed by atoms with Gasteiger partial charge in [-0.3, -0.25) is 10.1 Å². The van der Waals surface area contributed by atoms with Gasteiger partial charge in [0.25, 0.3) is 5.91 Å². The molecule has 1 N–H and O–H groups in total. The van der Waals surface area contributed by atoms with E-state index in [1.807, 2.05) is 78.9 Å². The average molecular weight is 602 g/mol. The van der Waals surface area contributed by atoms with Crippen LogP contribution >= 0.6 is 7.26 Å². The summed E-state index contributed by atoms with van der Waals surface area (Å²) in [6, 6.07) is 46.5. The quantitative estimate of drug-likeness (QED) is 0.285. The Morgan fingerprint density at radius 3 is 1.33 bits per heavy atom. The summed E-state index contributed by atoms with van der Waals surface area (Å²) >= 11 is 0. The van der Waals surface area contributed by atoms with Crippen LogP contribution in [0.1, 0.15) is 15.9 Å². The van der Waals surface area contributed by atoms with Crippen molar-refractivity contribution >= 4 is 35.2 Å². The molecule has 5 rings (SSSR count). The molecule has 5 aromatic rings. The van der Waals surface area contributed by atoms with Gasteiger partial charge in [-0.25, -0.2) is 23.0 Å². The van der Waals surface area contributed by atoms with Gasteiger partial charge in [0.2, 0.25) is 0 Å². The van der Waals surface area contributed by atoms with Gasteiger partial charge in [-0.05, 0) is 66.2 Å². The van der Waals surface area contributed by atoms with E-state index in [9.17, 15) is 9.18 Å². The molecule has 0 aromatic heterocycles. The van der Waals surface area contributed by atoms with E-state index in [1.165, 1.54) is 12.1 Å². The van der Waals surface area contributed by atoms with E-state index in [0.717, 1.165) is 26.9 Å². The number of benzene rings is 5. The maximum Gasteiger partial charge on any atom is 0.258 e. The molecular formula is C33H26ClFNO5P. The molecule has 1 amide bonds. The molecule has 0 radical (unpaired) electrons. The number of hydrogen-bond donors (Lipinski definition) is 1. The van der Waals surface area contributed by atoms with Gasteiger partial charge in [0, 0.05) is 11.6 Å². The lowest BCUT2D eigenvalue weighted by Gasteiger charge is -2.29. The van der Waals surface area contributed by atoms with Crippen LogP contribution in [0.5, 0.6) is 0 Å². The van der Waals surface area contributed by atoms with Crippen LogP contribution in [-0.4, -0.2) is 5.91 Å². The highest BCUT2D eigenvalue weighted by Gasteiger charge is 2.50. The predicted octanol–water partition coefficient (Wildman–Crippen LogP) is 1.79. The zero-order valence-electron chi connectivity index (χ0n) is 22.2. The van der Waals surface area contributed by atoms with Gasteiger partial charge in [0.15, 0.2) is 12.7 Å². The molecule has 6 nitrogen and oxygen atoms in total. The maximum absolute atomic E-state index is 13.8. The molecule has 0 unspecified atom stereocenters. The number of carbonyl (C=O) groups is 1. The third-order valence-electron chi connectivity index (χ3n) is 6.24. The molecule has 9 heteroatoms. The molecule has 0 aliphatic carbocycles. The Hall–Kier alpha value is -4.20. The highest BCUT2D eigenvalue weighted by Crippen LogP contribution is 2.61. The van der Waals surface area contributed by atoms with Crippen molar-refractivity contribution in [2.45, 2.75) is 0 Å². The summed E-state index contributed by atoms with van der Waals surface area (Å²) in [5, 5.41) is 6.63. The largest absolute Gasteiger partial charge is 0.292 e. The van der Waals surface area contributed by atoms with Crippen LogP contribution in [-0.2, 0) is 0 Å². The summed E-state index contributed by atoms with van der Waals surface area (Å²) in [6.45, 7) is 0. The van der Waals surface area contributed by atoms with Gasteiger partial charge in [0.1, 0.15) is 21.7 Å². The molecular weight excluding hydrogens is 576 g/mol. The Labute approximate surface area is 246 Å². The van der Waals surface area contributed by atoms with Gasteiger partial charge in [-0.15, -0.1) is 10.2 Å². The van der Waals surface area contributed by atoms with Crippen LogP contribution in [0.25, 0.3) is 6.08 Å². The summed E-state index contributed by atoms with van der Waals surface area (Å²) < 4.78 is 47.8. The van der Waals surface area contributed by atoms with E-state index in [4.69, 9.17) is 18.6 Å². The molecule has 0 aliphatic rings. The lowest BCUT2D eigenvalue weighted by atomic mass is 10.2. The molecule has 0 bridgehead atoms. The molecule has 0 aliphatic heterocycles. The number of amides is 1. The second-order valence-corrected chi connectivity index (χ2v) is 13.1. The van der Waals surface area contributed by atoms with E-state index in [-0.39, 0.29) is 11.7 Å². The van der Waals surface area contributed by atoms with Gasteiger partial charge in [-0.2, -0.15) is 0 Å². The zero-order chi connectivity index (χ0) is 30.0. The van der Waals surface area contributed by atoms with Crippen LogP contribution in [0.2, 0.25) is 0 Å². The Balaban J connectivity index is 0.000000748. The predicted molar refractivity (Wildman–Crippen MR) is 153 cm³/mol. The molecule has 5 aromatic carbocycles. The summed E-state index contributed by atoms with van der Waals surface area (Å²) in [6.07, 6.45) is 1.99. The van der Waals surface area contributed by atoms with Crippen LogP contribution < -0.4 is 39.9 Å². The lowest BCUT2D eigenvalue weighted by Crippen LogP contribution is -2.68. The van der Waals surface area contributed by atoms with Gasteiger partial charge >= 0.3 is 0 Å². The molecule has 0 fully saturated rings. The van der Waals surface area contributed by atoms with Gasteiger partial charge < -0.3 is 0 Å². The standard InChI is InChI=1S/C33H25FNOP.ClHO4/c34-28-23-21-26(22-24-28)25-32(35-33(36)27-13-5-1-6-14-27)37(29-15-7-2-8-16-29,30-17-9-3-10-18-30)31-19-11-4-12-20-31;2-1(3,4)5/h1-25H;(H,2,3,4,5)/b32-25-;. The van der Waals surface area contributed by atoms with Crippen molar-refractivity contribution in [1.82, 2.24) is 5.32 Å². The van der Waals surface area contributed by atoms with Crippen molar-refractivity contribution in [3.8, 4) is 0 Å². The maximum atomic E-state index is 13.8. The monoisotopic (exact) mass is 601 g/mol. The number of carbonyl (C=O) groups excluding carboxylic acids is 1. The first-order valence-corrected chi connectivity index (χ1v) is 15.7. The van der Waals surface area contributed by atoms with Crippen molar-refractivity contribution in [2.75, 3.05) is 0 Å².